The summed E-state index contributed by atoms with van der Waals surface area (Å²) in [6.45, 7) is 0. The molecule has 0 spiro atoms. The Morgan fingerprint density at radius 3 is 2.84 bits per heavy atom. The zero-order valence-corrected chi connectivity index (χ0v) is 11.3. The molecule has 3 nitrogen and oxygen atoms in total. The Morgan fingerprint density at radius 1 is 1.11 bits per heavy atom. The molecule has 0 unspecified atom stereocenters. The van der Waals surface area contributed by atoms with Crippen LogP contribution < -0.4 is 5.01 Å². The minimum atomic E-state index is 0.839. The lowest BCUT2D eigenvalue weighted by Gasteiger charge is -2.11. The zero-order valence-electron chi connectivity index (χ0n) is 10.5. The highest BCUT2D eigenvalue weighted by Gasteiger charge is 2.01. The van der Waals surface area contributed by atoms with Crippen LogP contribution in [0.2, 0.25) is 0 Å². The summed E-state index contributed by atoms with van der Waals surface area (Å²) >= 11 is 1.67. The van der Waals surface area contributed by atoms with Crippen molar-refractivity contribution in [2.45, 2.75) is 0 Å². The highest BCUT2D eigenvalue weighted by Crippen LogP contribution is 2.17. The van der Waals surface area contributed by atoms with Crippen LogP contribution in [0.4, 0.5) is 5.82 Å². The maximum absolute atomic E-state index is 4.59. The molecule has 4 heteroatoms. The Kier molecular flexibility index (Phi) is 3.25. The first-order chi connectivity index (χ1) is 9.33. The molecule has 0 bridgehead atoms. The number of hydrazone groups is 1. The minimum absolute atomic E-state index is 0.839. The number of anilines is 1. The fourth-order valence-corrected chi connectivity index (χ4v) is 2.38. The van der Waals surface area contributed by atoms with E-state index in [1.54, 1.807) is 16.3 Å². The van der Waals surface area contributed by atoms with E-state index in [4.69, 9.17) is 0 Å². The van der Waals surface area contributed by atoms with Crippen LogP contribution in [0.25, 0.3) is 10.9 Å². The first kappa shape index (κ1) is 11.9. The van der Waals surface area contributed by atoms with Crippen LogP contribution in [-0.2, 0) is 0 Å². The second-order valence-electron chi connectivity index (χ2n) is 4.15. The number of aromatic nitrogens is 1. The number of fused-ring (bicyclic) bond motifs is 1. The molecule has 0 atom stereocenters. The molecular weight excluding hydrogens is 254 g/mol. The second kappa shape index (κ2) is 5.20. The van der Waals surface area contributed by atoms with Crippen LogP contribution in [-0.4, -0.2) is 18.2 Å². The molecule has 0 fully saturated rings. The third-order valence-electron chi connectivity index (χ3n) is 2.82. The van der Waals surface area contributed by atoms with Crippen molar-refractivity contribution in [1.82, 2.24) is 4.98 Å². The van der Waals surface area contributed by atoms with Gasteiger partial charge in [0, 0.05) is 17.3 Å². The number of pyridine rings is 1. The van der Waals surface area contributed by atoms with Crippen molar-refractivity contribution in [1.29, 1.82) is 0 Å². The number of nitrogens with zero attached hydrogens (tertiary/aromatic N) is 3. The van der Waals surface area contributed by atoms with E-state index < -0.39 is 0 Å². The van der Waals surface area contributed by atoms with Gasteiger partial charge in [0.05, 0.1) is 11.7 Å². The van der Waals surface area contributed by atoms with E-state index in [0.29, 0.717) is 0 Å². The average molecular weight is 267 g/mol. The molecule has 1 aromatic carbocycles. The summed E-state index contributed by atoms with van der Waals surface area (Å²) in [6, 6.07) is 16.2. The molecule has 3 aromatic rings. The van der Waals surface area contributed by atoms with Crippen LogP contribution in [0.15, 0.2) is 59.0 Å². The third-order valence-corrected chi connectivity index (χ3v) is 3.62. The fourth-order valence-electron chi connectivity index (χ4n) is 1.80. The van der Waals surface area contributed by atoms with E-state index >= 15 is 0 Å². The van der Waals surface area contributed by atoms with Gasteiger partial charge in [-0.1, -0.05) is 24.3 Å². The lowest BCUT2D eigenvalue weighted by atomic mass is 10.2. The molecule has 3 rings (SSSR count). The summed E-state index contributed by atoms with van der Waals surface area (Å²) < 4.78 is 0. The lowest BCUT2D eigenvalue weighted by molar-refractivity contribution is 0.992. The Morgan fingerprint density at radius 2 is 2.00 bits per heavy atom. The van der Waals surface area contributed by atoms with E-state index in [1.165, 1.54) is 0 Å². The van der Waals surface area contributed by atoms with Crippen LogP contribution >= 0.6 is 11.3 Å². The number of benzene rings is 1. The Hall–Kier alpha value is -2.20. The molecule has 2 heterocycles. The highest BCUT2D eigenvalue weighted by atomic mass is 32.1. The standard InChI is InChI=1S/C15H13N3S/c1-18(16-11-13-6-4-10-19-13)15-9-8-12-5-2-3-7-14(12)17-15/h2-11H,1H3/b16-11+. The summed E-state index contributed by atoms with van der Waals surface area (Å²) in [5.41, 5.74) is 0.984. The van der Waals surface area contributed by atoms with Gasteiger partial charge in [0.1, 0.15) is 5.82 Å². The summed E-state index contributed by atoms with van der Waals surface area (Å²) in [4.78, 5) is 5.72. The second-order valence-corrected chi connectivity index (χ2v) is 5.13. The molecule has 0 amide bonds. The predicted octanol–water partition coefficient (Wildman–Crippen LogP) is 3.77. The van der Waals surface area contributed by atoms with Crippen molar-refractivity contribution in [3.05, 3.63) is 58.8 Å². The van der Waals surface area contributed by atoms with Crippen LogP contribution in [0, 0.1) is 0 Å². The van der Waals surface area contributed by atoms with Crippen molar-refractivity contribution in [3.8, 4) is 0 Å². The predicted molar refractivity (Wildman–Crippen MR) is 82.1 cm³/mol. The molecule has 0 aliphatic heterocycles. The molecule has 0 saturated carbocycles. The van der Waals surface area contributed by atoms with E-state index in [0.717, 1.165) is 21.6 Å². The first-order valence-electron chi connectivity index (χ1n) is 6.00. The molecule has 2 aromatic heterocycles. The van der Waals surface area contributed by atoms with Crippen LogP contribution in [0.3, 0.4) is 0 Å². The Balaban J connectivity index is 1.87. The van der Waals surface area contributed by atoms with Gasteiger partial charge in [0.15, 0.2) is 0 Å². The fraction of sp³-hybridized carbons (Fsp3) is 0.0667. The molecular formula is C15H13N3S. The third kappa shape index (κ3) is 2.63. The maximum Gasteiger partial charge on any atom is 0.149 e. The smallest absolute Gasteiger partial charge is 0.149 e. The van der Waals surface area contributed by atoms with E-state index in [9.17, 15) is 0 Å². The van der Waals surface area contributed by atoms with E-state index in [1.807, 2.05) is 55.0 Å². The lowest BCUT2D eigenvalue weighted by Crippen LogP contribution is -2.10. The van der Waals surface area contributed by atoms with Crippen molar-refractivity contribution in [2.75, 3.05) is 12.1 Å². The van der Waals surface area contributed by atoms with Gasteiger partial charge >= 0.3 is 0 Å². The number of hydrogen-bond donors (Lipinski definition) is 0. The van der Waals surface area contributed by atoms with Gasteiger partial charge in [0.25, 0.3) is 0 Å². The molecule has 0 saturated heterocycles. The van der Waals surface area contributed by atoms with Crippen molar-refractivity contribution >= 4 is 34.3 Å². The maximum atomic E-state index is 4.59. The van der Waals surface area contributed by atoms with Crippen LogP contribution in [0.5, 0.6) is 0 Å². The van der Waals surface area contributed by atoms with Crippen molar-refractivity contribution < 1.29 is 0 Å². The summed E-state index contributed by atoms with van der Waals surface area (Å²) in [5.74, 6) is 0.839. The molecule has 0 aliphatic carbocycles. The van der Waals surface area contributed by atoms with Gasteiger partial charge in [0.2, 0.25) is 0 Å². The number of rotatable bonds is 3. The van der Waals surface area contributed by atoms with Gasteiger partial charge in [-0.25, -0.2) is 4.98 Å². The SMILES string of the molecule is CN(/N=C/c1cccs1)c1ccc2ccccc2n1. The summed E-state index contributed by atoms with van der Waals surface area (Å²) in [5, 5.41) is 9.36. The monoisotopic (exact) mass is 267 g/mol. The van der Waals surface area contributed by atoms with Gasteiger partial charge in [-0.3, -0.25) is 5.01 Å². The normalized spacial score (nSPS) is 11.2. The number of para-hydroxylation sites is 1. The molecule has 19 heavy (non-hydrogen) atoms. The topological polar surface area (TPSA) is 28.5 Å². The molecule has 94 valence electrons. The first-order valence-corrected chi connectivity index (χ1v) is 6.88. The minimum Gasteiger partial charge on any atom is -0.251 e. The van der Waals surface area contributed by atoms with Crippen molar-refractivity contribution in [2.24, 2.45) is 5.10 Å². The van der Waals surface area contributed by atoms with Gasteiger partial charge < -0.3 is 0 Å². The van der Waals surface area contributed by atoms with Crippen molar-refractivity contribution in [3.63, 3.8) is 0 Å². The highest BCUT2D eigenvalue weighted by molar-refractivity contribution is 7.11. The summed E-state index contributed by atoms with van der Waals surface area (Å²) in [6.07, 6.45) is 1.85. The van der Waals surface area contributed by atoms with E-state index in [-0.39, 0.29) is 0 Å². The molecule has 0 N–H and O–H groups in total. The van der Waals surface area contributed by atoms with Gasteiger partial charge in [-0.05, 0) is 29.6 Å². The van der Waals surface area contributed by atoms with E-state index in [2.05, 4.69) is 22.2 Å². The summed E-state index contributed by atoms with van der Waals surface area (Å²) in [7, 11) is 1.90. The average Bonchev–Trinajstić information content (AvgIpc) is 2.97. The number of thiophene rings is 1. The molecule has 0 radical (unpaired) electrons. The zero-order chi connectivity index (χ0) is 13.1. The largest absolute Gasteiger partial charge is 0.251 e. The van der Waals surface area contributed by atoms with Crippen LogP contribution in [0.1, 0.15) is 4.88 Å². The number of hydrogen-bond acceptors (Lipinski definition) is 4. The Labute approximate surface area is 115 Å². The quantitative estimate of drug-likeness (QED) is 0.534. The Bertz CT molecular complexity index is 704. The van der Waals surface area contributed by atoms with Gasteiger partial charge in [-0.2, -0.15) is 5.10 Å². The van der Waals surface area contributed by atoms with Gasteiger partial charge in [-0.15, -0.1) is 11.3 Å². The molecule has 0 aliphatic rings.